The molecule has 1 aliphatic rings. The molecule has 3 rings (SSSR count). The predicted molar refractivity (Wildman–Crippen MR) is 97.7 cm³/mol. The number of carbonyl (C=O) groups is 1. The van der Waals surface area contributed by atoms with Gasteiger partial charge in [0.05, 0.1) is 0 Å². The van der Waals surface area contributed by atoms with Gasteiger partial charge in [-0.3, -0.25) is 9.69 Å². The summed E-state index contributed by atoms with van der Waals surface area (Å²) in [5.41, 5.74) is 8.41. The second kappa shape index (κ2) is 7.41. The number of piperazine rings is 1. The van der Waals surface area contributed by atoms with Crippen molar-refractivity contribution in [3.05, 3.63) is 64.7 Å². The Morgan fingerprint density at radius 2 is 1.96 bits per heavy atom. The average Bonchev–Trinajstić information content (AvgIpc) is 2.59. The lowest BCUT2D eigenvalue weighted by atomic mass is 10.0. The van der Waals surface area contributed by atoms with Crippen molar-refractivity contribution in [2.45, 2.75) is 26.4 Å². The summed E-state index contributed by atoms with van der Waals surface area (Å²) in [6.45, 7) is 6.31. The molecule has 138 valence electrons. The number of hydrogen-bond donors (Lipinski definition) is 1. The van der Waals surface area contributed by atoms with Gasteiger partial charge in [0, 0.05) is 43.5 Å². The molecule has 1 fully saturated rings. The summed E-state index contributed by atoms with van der Waals surface area (Å²) >= 11 is 0. The molecule has 1 heterocycles. The van der Waals surface area contributed by atoms with Crippen molar-refractivity contribution >= 4 is 11.6 Å². The first-order valence-electron chi connectivity index (χ1n) is 8.68. The number of hydrogen-bond acceptors (Lipinski definition) is 3. The zero-order valence-corrected chi connectivity index (χ0v) is 15.0. The van der Waals surface area contributed by atoms with Gasteiger partial charge in [0.25, 0.3) is 5.91 Å². The van der Waals surface area contributed by atoms with E-state index in [0.29, 0.717) is 37.4 Å². The number of nitrogens with two attached hydrogens (primary N) is 1. The molecule has 0 bridgehead atoms. The Balaban J connectivity index is 1.68. The lowest BCUT2D eigenvalue weighted by Gasteiger charge is -2.40. The van der Waals surface area contributed by atoms with Crippen LogP contribution in [0.15, 0.2) is 36.4 Å². The van der Waals surface area contributed by atoms with Crippen LogP contribution < -0.4 is 5.73 Å². The van der Waals surface area contributed by atoms with E-state index in [-0.39, 0.29) is 17.8 Å². The largest absolute Gasteiger partial charge is 0.398 e. The number of nitrogen functional groups attached to an aromatic ring is 1. The SMILES string of the molecule is Cc1c(N)cc(F)cc1CN1CCN(C(=O)c2cccc(F)c2)C(C)C1. The molecule has 1 atom stereocenters. The van der Waals surface area contributed by atoms with Gasteiger partial charge in [-0.15, -0.1) is 0 Å². The lowest BCUT2D eigenvalue weighted by Crippen LogP contribution is -2.53. The number of anilines is 1. The van der Waals surface area contributed by atoms with Crippen LogP contribution in [0.4, 0.5) is 14.5 Å². The van der Waals surface area contributed by atoms with Crippen molar-refractivity contribution in [1.29, 1.82) is 0 Å². The zero-order chi connectivity index (χ0) is 18.8. The normalized spacial score (nSPS) is 18.2. The monoisotopic (exact) mass is 359 g/mol. The summed E-state index contributed by atoms with van der Waals surface area (Å²) in [4.78, 5) is 16.6. The third-order valence-corrected chi connectivity index (χ3v) is 4.96. The molecule has 1 saturated heterocycles. The maximum Gasteiger partial charge on any atom is 0.254 e. The topological polar surface area (TPSA) is 49.6 Å². The van der Waals surface area contributed by atoms with Gasteiger partial charge in [-0.25, -0.2) is 8.78 Å². The fraction of sp³-hybridized carbons (Fsp3) is 0.350. The van der Waals surface area contributed by atoms with Crippen LogP contribution in [0.25, 0.3) is 0 Å². The number of rotatable bonds is 3. The van der Waals surface area contributed by atoms with Crippen molar-refractivity contribution in [3.63, 3.8) is 0 Å². The van der Waals surface area contributed by atoms with Gasteiger partial charge in [-0.2, -0.15) is 0 Å². The highest BCUT2D eigenvalue weighted by atomic mass is 19.1. The number of benzene rings is 2. The van der Waals surface area contributed by atoms with Crippen LogP contribution >= 0.6 is 0 Å². The van der Waals surface area contributed by atoms with E-state index in [1.165, 1.54) is 24.3 Å². The third kappa shape index (κ3) is 3.85. The molecular weight excluding hydrogens is 336 g/mol. The summed E-state index contributed by atoms with van der Waals surface area (Å²) in [5.74, 6) is -0.916. The third-order valence-electron chi connectivity index (χ3n) is 4.96. The molecule has 0 aliphatic carbocycles. The van der Waals surface area contributed by atoms with E-state index in [1.807, 2.05) is 13.8 Å². The molecule has 0 saturated carbocycles. The van der Waals surface area contributed by atoms with Crippen molar-refractivity contribution in [3.8, 4) is 0 Å². The first kappa shape index (κ1) is 18.3. The van der Waals surface area contributed by atoms with E-state index in [2.05, 4.69) is 4.90 Å². The Bertz CT molecular complexity index is 825. The van der Waals surface area contributed by atoms with Crippen molar-refractivity contribution in [2.24, 2.45) is 0 Å². The van der Waals surface area contributed by atoms with Gasteiger partial charge in [0.1, 0.15) is 11.6 Å². The number of halogens is 2. The van der Waals surface area contributed by atoms with Crippen LogP contribution in [0.3, 0.4) is 0 Å². The first-order chi connectivity index (χ1) is 12.3. The van der Waals surface area contributed by atoms with Crippen molar-refractivity contribution in [1.82, 2.24) is 9.80 Å². The van der Waals surface area contributed by atoms with Gasteiger partial charge in [0.15, 0.2) is 0 Å². The molecule has 0 radical (unpaired) electrons. The highest BCUT2D eigenvalue weighted by molar-refractivity contribution is 5.94. The first-order valence-corrected chi connectivity index (χ1v) is 8.68. The van der Waals surface area contributed by atoms with E-state index in [0.717, 1.165) is 11.1 Å². The van der Waals surface area contributed by atoms with Crippen LogP contribution in [0.2, 0.25) is 0 Å². The van der Waals surface area contributed by atoms with Crippen LogP contribution in [0, 0.1) is 18.6 Å². The zero-order valence-electron chi connectivity index (χ0n) is 15.0. The molecule has 26 heavy (non-hydrogen) atoms. The number of nitrogens with zero attached hydrogens (tertiary/aromatic N) is 2. The van der Waals surface area contributed by atoms with E-state index < -0.39 is 5.82 Å². The fourth-order valence-corrected chi connectivity index (χ4v) is 3.43. The molecule has 1 amide bonds. The summed E-state index contributed by atoms with van der Waals surface area (Å²) in [7, 11) is 0. The van der Waals surface area contributed by atoms with Crippen LogP contribution in [0.5, 0.6) is 0 Å². The molecule has 2 aromatic rings. The number of carbonyl (C=O) groups excluding carboxylic acids is 1. The quantitative estimate of drug-likeness (QED) is 0.856. The highest BCUT2D eigenvalue weighted by Gasteiger charge is 2.28. The maximum absolute atomic E-state index is 13.6. The van der Waals surface area contributed by atoms with E-state index in [9.17, 15) is 13.6 Å². The lowest BCUT2D eigenvalue weighted by molar-refractivity contribution is 0.0474. The summed E-state index contributed by atoms with van der Waals surface area (Å²) in [5, 5.41) is 0. The Kier molecular flexibility index (Phi) is 5.23. The second-order valence-corrected chi connectivity index (χ2v) is 6.87. The predicted octanol–water partition coefficient (Wildman–Crippen LogP) is 3.20. The highest BCUT2D eigenvalue weighted by Crippen LogP contribution is 2.22. The molecule has 0 spiro atoms. The van der Waals surface area contributed by atoms with Crippen molar-refractivity contribution < 1.29 is 13.6 Å². The van der Waals surface area contributed by atoms with Crippen LogP contribution in [-0.2, 0) is 6.54 Å². The molecule has 0 aromatic heterocycles. The molecule has 4 nitrogen and oxygen atoms in total. The van der Waals surface area contributed by atoms with Gasteiger partial charge < -0.3 is 10.6 Å². The van der Waals surface area contributed by atoms with Crippen LogP contribution in [0.1, 0.15) is 28.4 Å². The summed E-state index contributed by atoms with van der Waals surface area (Å²) < 4.78 is 27.0. The number of amides is 1. The molecule has 1 aliphatic heterocycles. The van der Waals surface area contributed by atoms with Gasteiger partial charge in [-0.1, -0.05) is 6.07 Å². The molecular formula is C20H23F2N3O. The Hall–Kier alpha value is -2.47. The summed E-state index contributed by atoms with van der Waals surface area (Å²) in [6, 6.07) is 8.58. The second-order valence-electron chi connectivity index (χ2n) is 6.87. The van der Waals surface area contributed by atoms with Gasteiger partial charge in [-0.05, 0) is 55.3 Å². The van der Waals surface area contributed by atoms with E-state index in [1.54, 1.807) is 17.0 Å². The van der Waals surface area contributed by atoms with Gasteiger partial charge >= 0.3 is 0 Å². The molecule has 2 N–H and O–H groups in total. The molecule has 6 heteroatoms. The van der Waals surface area contributed by atoms with E-state index >= 15 is 0 Å². The maximum atomic E-state index is 13.6. The minimum Gasteiger partial charge on any atom is -0.398 e. The standard InChI is InChI=1S/C20H23F2N3O/c1-13-11-24(12-16-9-18(22)10-19(23)14(16)2)6-7-25(13)20(26)15-4-3-5-17(21)8-15/h3-5,8-10,13H,6-7,11-12,23H2,1-2H3. The van der Waals surface area contributed by atoms with Gasteiger partial charge in [0.2, 0.25) is 0 Å². The van der Waals surface area contributed by atoms with Crippen LogP contribution in [-0.4, -0.2) is 41.4 Å². The van der Waals surface area contributed by atoms with E-state index in [4.69, 9.17) is 5.73 Å². The summed E-state index contributed by atoms with van der Waals surface area (Å²) in [6.07, 6.45) is 0. The molecule has 2 aromatic carbocycles. The Morgan fingerprint density at radius 3 is 2.65 bits per heavy atom. The fourth-order valence-electron chi connectivity index (χ4n) is 3.43. The van der Waals surface area contributed by atoms with Crippen molar-refractivity contribution in [2.75, 3.05) is 25.4 Å². The minimum atomic E-state index is -0.415. The smallest absolute Gasteiger partial charge is 0.254 e. The Morgan fingerprint density at radius 1 is 1.19 bits per heavy atom. The Labute approximate surface area is 152 Å². The molecule has 1 unspecified atom stereocenters. The average molecular weight is 359 g/mol. The minimum absolute atomic E-state index is 0.0225.